The summed E-state index contributed by atoms with van der Waals surface area (Å²) in [6.45, 7) is 4.32. The predicted molar refractivity (Wildman–Crippen MR) is 85.6 cm³/mol. The van der Waals surface area contributed by atoms with Crippen LogP contribution in [0.25, 0.3) is 0 Å². The molecular formula is C16H23FN2O3S. The van der Waals surface area contributed by atoms with E-state index in [0.29, 0.717) is 32.2 Å². The van der Waals surface area contributed by atoms with E-state index in [9.17, 15) is 12.8 Å². The maximum Gasteiger partial charge on any atom is 0.282 e. The summed E-state index contributed by atoms with van der Waals surface area (Å²) in [5, 5.41) is 0. The Morgan fingerprint density at radius 3 is 2.39 bits per heavy atom. The van der Waals surface area contributed by atoms with E-state index in [0.717, 1.165) is 18.4 Å². The highest BCUT2D eigenvalue weighted by Gasteiger charge is 2.35. The largest absolute Gasteiger partial charge is 0.371 e. The summed E-state index contributed by atoms with van der Waals surface area (Å²) < 4.78 is 47.4. The van der Waals surface area contributed by atoms with Crippen LogP contribution < -0.4 is 0 Å². The van der Waals surface area contributed by atoms with Crippen molar-refractivity contribution in [2.45, 2.75) is 25.9 Å². The molecule has 128 valence electrons. The molecule has 2 heterocycles. The molecule has 1 atom stereocenters. The SMILES string of the molecule is CC1CCN(S(=O)(=O)N2CCOC(c3ccc(F)cc3)C2)CC1. The van der Waals surface area contributed by atoms with Crippen molar-refractivity contribution in [1.82, 2.24) is 8.61 Å². The van der Waals surface area contributed by atoms with Gasteiger partial charge in [-0.2, -0.15) is 17.0 Å². The third-order valence-electron chi connectivity index (χ3n) is 4.67. The minimum absolute atomic E-state index is 0.278. The molecule has 23 heavy (non-hydrogen) atoms. The van der Waals surface area contributed by atoms with Gasteiger partial charge >= 0.3 is 0 Å². The van der Waals surface area contributed by atoms with E-state index < -0.39 is 10.2 Å². The van der Waals surface area contributed by atoms with Crippen LogP contribution in [0, 0.1) is 11.7 Å². The molecule has 7 heteroatoms. The Hall–Kier alpha value is -1.02. The first-order valence-corrected chi connectivity index (χ1v) is 9.49. The normalized spacial score (nSPS) is 25.6. The monoisotopic (exact) mass is 342 g/mol. The predicted octanol–water partition coefficient (Wildman–Crippen LogP) is 2.18. The fourth-order valence-electron chi connectivity index (χ4n) is 3.09. The summed E-state index contributed by atoms with van der Waals surface area (Å²) in [6, 6.07) is 6.05. The van der Waals surface area contributed by atoms with Gasteiger partial charge in [-0.05, 0) is 36.5 Å². The van der Waals surface area contributed by atoms with Gasteiger partial charge in [-0.15, -0.1) is 0 Å². The van der Waals surface area contributed by atoms with Crippen molar-refractivity contribution in [3.63, 3.8) is 0 Å². The van der Waals surface area contributed by atoms with E-state index in [2.05, 4.69) is 6.92 Å². The number of piperidine rings is 1. The van der Waals surface area contributed by atoms with Crippen LogP contribution in [-0.2, 0) is 14.9 Å². The van der Waals surface area contributed by atoms with Crippen molar-refractivity contribution >= 4 is 10.2 Å². The Bertz CT molecular complexity index is 627. The zero-order chi connectivity index (χ0) is 16.4. The zero-order valence-corrected chi connectivity index (χ0v) is 14.1. The van der Waals surface area contributed by atoms with Gasteiger partial charge in [-0.1, -0.05) is 19.1 Å². The molecule has 2 aliphatic heterocycles. The number of benzene rings is 1. The molecule has 1 unspecified atom stereocenters. The van der Waals surface area contributed by atoms with E-state index in [1.54, 1.807) is 16.4 Å². The molecule has 0 amide bonds. The van der Waals surface area contributed by atoms with Crippen molar-refractivity contribution in [2.75, 3.05) is 32.8 Å². The van der Waals surface area contributed by atoms with Gasteiger partial charge in [-0.25, -0.2) is 4.39 Å². The van der Waals surface area contributed by atoms with E-state index in [1.807, 2.05) is 0 Å². The lowest BCUT2D eigenvalue weighted by molar-refractivity contribution is -0.00465. The van der Waals surface area contributed by atoms with Gasteiger partial charge < -0.3 is 4.74 Å². The second-order valence-electron chi connectivity index (χ2n) is 6.36. The van der Waals surface area contributed by atoms with Crippen LogP contribution in [0.3, 0.4) is 0 Å². The Morgan fingerprint density at radius 1 is 1.09 bits per heavy atom. The smallest absolute Gasteiger partial charge is 0.282 e. The zero-order valence-electron chi connectivity index (χ0n) is 13.3. The average Bonchev–Trinajstić information content (AvgIpc) is 2.56. The van der Waals surface area contributed by atoms with Crippen LogP contribution in [0.1, 0.15) is 31.4 Å². The van der Waals surface area contributed by atoms with E-state index in [-0.39, 0.29) is 18.5 Å². The highest BCUT2D eigenvalue weighted by Crippen LogP contribution is 2.27. The molecular weight excluding hydrogens is 319 g/mol. The second-order valence-corrected chi connectivity index (χ2v) is 8.29. The number of hydrogen-bond donors (Lipinski definition) is 0. The number of morpholine rings is 1. The minimum atomic E-state index is -3.45. The van der Waals surface area contributed by atoms with Gasteiger partial charge in [0.2, 0.25) is 0 Å². The third-order valence-corrected chi connectivity index (χ3v) is 6.67. The fourth-order valence-corrected chi connectivity index (χ4v) is 4.72. The van der Waals surface area contributed by atoms with Crippen molar-refractivity contribution < 1.29 is 17.5 Å². The van der Waals surface area contributed by atoms with E-state index in [1.165, 1.54) is 16.4 Å². The fraction of sp³-hybridized carbons (Fsp3) is 0.625. The lowest BCUT2D eigenvalue weighted by Crippen LogP contribution is -2.51. The lowest BCUT2D eigenvalue weighted by Gasteiger charge is -2.37. The molecule has 2 aliphatic rings. The summed E-state index contributed by atoms with van der Waals surface area (Å²) in [4.78, 5) is 0. The van der Waals surface area contributed by atoms with Crippen LogP contribution in [0.2, 0.25) is 0 Å². The first-order valence-electron chi connectivity index (χ1n) is 8.09. The standard InChI is InChI=1S/C16H23FN2O3S/c1-13-6-8-18(9-7-13)23(20,21)19-10-11-22-16(12-19)14-2-4-15(17)5-3-14/h2-5,13,16H,6-12H2,1H3. The summed E-state index contributed by atoms with van der Waals surface area (Å²) in [7, 11) is -3.45. The Balaban J connectivity index is 1.71. The summed E-state index contributed by atoms with van der Waals surface area (Å²) in [6.07, 6.45) is 1.47. The molecule has 0 aliphatic carbocycles. The Kier molecular flexibility index (Phi) is 5.01. The van der Waals surface area contributed by atoms with E-state index in [4.69, 9.17) is 4.74 Å². The molecule has 2 saturated heterocycles. The van der Waals surface area contributed by atoms with Crippen molar-refractivity contribution in [1.29, 1.82) is 0 Å². The van der Waals surface area contributed by atoms with E-state index >= 15 is 0 Å². The molecule has 0 N–H and O–H groups in total. The highest BCUT2D eigenvalue weighted by molar-refractivity contribution is 7.86. The van der Waals surface area contributed by atoms with Gasteiger partial charge in [0.1, 0.15) is 5.82 Å². The van der Waals surface area contributed by atoms with Crippen LogP contribution >= 0.6 is 0 Å². The first-order chi connectivity index (χ1) is 11.0. The molecule has 1 aromatic rings. The maximum atomic E-state index is 13.0. The quantitative estimate of drug-likeness (QED) is 0.846. The number of halogens is 1. The maximum absolute atomic E-state index is 13.0. The van der Waals surface area contributed by atoms with Crippen LogP contribution in [0.5, 0.6) is 0 Å². The molecule has 0 aromatic heterocycles. The van der Waals surface area contributed by atoms with Gasteiger partial charge in [0.25, 0.3) is 10.2 Å². The van der Waals surface area contributed by atoms with Gasteiger partial charge in [0.15, 0.2) is 0 Å². The van der Waals surface area contributed by atoms with Gasteiger partial charge in [0, 0.05) is 26.2 Å². The molecule has 1 aromatic carbocycles. The van der Waals surface area contributed by atoms with Gasteiger partial charge in [0.05, 0.1) is 12.7 Å². The number of hydrogen-bond acceptors (Lipinski definition) is 3. The van der Waals surface area contributed by atoms with Crippen molar-refractivity contribution in [3.8, 4) is 0 Å². The molecule has 3 rings (SSSR count). The summed E-state index contributed by atoms with van der Waals surface area (Å²) in [5.41, 5.74) is 0.804. The van der Waals surface area contributed by atoms with Crippen LogP contribution in [-0.4, -0.2) is 49.8 Å². The average molecular weight is 342 g/mol. The first kappa shape index (κ1) is 16.8. The number of rotatable bonds is 3. The van der Waals surface area contributed by atoms with Gasteiger partial charge in [-0.3, -0.25) is 0 Å². The van der Waals surface area contributed by atoms with Crippen molar-refractivity contribution in [2.24, 2.45) is 5.92 Å². The summed E-state index contributed by atoms with van der Waals surface area (Å²) >= 11 is 0. The summed E-state index contributed by atoms with van der Waals surface area (Å²) in [5.74, 6) is 0.273. The van der Waals surface area contributed by atoms with Crippen LogP contribution in [0.4, 0.5) is 4.39 Å². The second kappa shape index (κ2) is 6.84. The third kappa shape index (κ3) is 3.74. The topological polar surface area (TPSA) is 49.9 Å². The molecule has 2 fully saturated rings. The highest BCUT2D eigenvalue weighted by atomic mass is 32.2. The molecule has 0 bridgehead atoms. The molecule has 0 saturated carbocycles. The lowest BCUT2D eigenvalue weighted by atomic mass is 10.0. The Morgan fingerprint density at radius 2 is 1.74 bits per heavy atom. The minimum Gasteiger partial charge on any atom is -0.371 e. The Labute approximate surface area is 137 Å². The molecule has 5 nitrogen and oxygen atoms in total. The molecule has 0 radical (unpaired) electrons. The number of ether oxygens (including phenoxy) is 1. The van der Waals surface area contributed by atoms with Crippen LogP contribution in [0.15, 0.2) is 24.3 Å². The number of nitrogens with zero attached hydrogens (tertiary/aromatic N) is 2. The van der Waals surface area contributed by atoms with Crippen molar-refractivity contribution in [3.05, 3.63) is 35.6 Å². The molecule has 0 spiro atoms.